The number of carbonyl (C=O) groups is 2. The van der Waals surface area contributed by atoms with E-state index in [9.17, 15) is 9.59 Å². The van der Waals surface area contributed by atoms with E-state index >= 15 is 0 Å². The van der Waals surface area contributed by atoms with E-state index < -0.39 is 23.5 Å². The average molecular weight is 456 g/mol. The standard InChI is InChI=1S/C24H24O9/c1-12(25)33-24-15(10-30-23(24)26)5-13-6-17-18(32-11-31-17)9-16(13)21(24)14-7-19(27-2)22(29-4)20(8-14)28-3/h6-9,15,21H,5,10-11H2,1-4H3/t15-,21+,24-/m0/s1. The van der Waals surface area contributed by atoms with Crippen LogP contribution in [0.1, 0.15) is 29.5 Å². The lowest BCUT2D eigenvalue weighted by Crippen LogP contribution is -2.53. The van der Waals surface area contributed by atoms with Crippen molar-refractivity contribution in [3.63, 3.8) is 0 Å². The zero-order chi connectivity index (χ0) is 23.3. The third kappa shape index (κ3) is 3.06. The predicted octanol–water partition coefficient (Wildman–Crippen LogP) is 2.60. The number of methoxy groups -OCH3 is 3. The van der Waals surface area contributed by atoms with Crippen LogP contribution >= 0.6 is 0 Å². The van der Waals surface area contributed by atoms with Crippen LogP contribution in [0.3, 0.4) is 0 Å². The lowest BCUT2D eigenvalue weighted by atomic mass is 9.64. The first-order valence-corrected chi connectivity index (χ1v) is 10.5. The minimum absolute atomic E-state index is 0.119. The highest BCUT2D eigenvalue weighted by Gasteiger charge is 2.64. The molecule has 9 nitrogen and oxygen atoms in total. The molecule has 33 heavy (non-hydrogen) atoms. The molecule has 1 saturated heterocycles. The zero-order valence-corrected chi connectivity index (χ0v) is 18.8. The summed E-state index contributed by atoms with van der Waals surface area (Å²) in [5.74, 6) is 0.222. The monoisotopic (exact) mass is 456 g/mol. The van der Waals surface area contributed by atoms with E-state index in [1.807, 2.05) is 12.1 Å². The summed E-state index contributed by atoms with van der Waals surface area (Å²) in [6, 6.07) is 7.29. The number of rotatable bonds is 5. The Morgan fingerprint density at radius 2 is 1.64 bits per heavy atom. The van der Waals surface area contributed by atoms with Crippen LogP contribution in [0, 0.1) is 5.92 Å². The molecule has 0 aromatic heterocycles. The largest absolute Gasteiger partial charge is 0.493 e. The fourth-order valence-corrected chi connectivity index (χ4v) is 5.20. The summed E-state index contributed by atoms with van der Waals surface area (Å²) in [6.45, 7) is 1.55. The molecule has 5 rings (SSSR count). The Balaban J connectivity index is 1.80. The van der Waals surface area contributed by atoms with Crippen LogP contribution in [-0.4, -0.2) is 52.3 Å². The van der Waals surface area contributed by atoms with E-state index in [-0.39, 0.29) is 19.3 Å². The number of fused-ring (bicyclic) bond motifs is 3. The fraction of sp³-hybridized carbons (Fsp3) is 0.417. The molecule has 174 valence electrons. The molecule has 3 aliphatic rings. The van der Waals surface area contributed by atoms with Crippen LogP contribution in [0.5, 0.6) is 28.7 Å². The van der Waals surface area contributed by atoms with Gasteiger partial charge in [-0.1, -0.05) is 0 Å². The third-order valence-electron chi connectivity index (χ3n) is 6.51. The van der Waals surface area contributed by atoms with Gasteiger partial charge in [-0.3, -0.25) is 4.79 Å². The maximum absolute atomic E-state index is 13.3. The van der Waals surface area contributed by atoms with Gasteiger partial charge in [-0.05, 0) is 47.4 Å². The third-order valence-corrected chi connectivity index (χ3v) is 6.51. The summed E-state index contributed by atoms with van der Waals surface area (Å²) in [6.07, 6.45) is 0.478. The van der Waals surface area contributed by atoms with Crippen LogP contribution in [0.4, 0.5) is 0 Å². The van der Waals surface area contributed by atoms with Gasteiger partial charge in [0, 0.05) is 12.8 Å². The van der Waals surface area contributed by atoms with Gasteiger partial charge >= 0.3 is 11.9 Å². The van der Waals surface area contributed by atoms with Crippen molar-refractivity contribution in [3.05, 3.63) is 41.0 Å². The Labute approximate surface area is 190 Å². The van der Waals surface area contributed by atoms with E-state index in [0.717, 1.165) is 11.1 Å². The molecule has 0 unspecified atom stereocenters. The highest BCUT2D eigenvalue weighted by atomic mass is 16.7. The maximum Gasteiger partial charge on any atom is 0.352 e. The lowest BCUT2D eigenvalue weighted by Gasteiger charge is -2.42. The molecule has 0 spiro atoms. The second-order valence-corrected chi connectivity index (χ2v) is 8.18. The van der Waals surface area contributed by atoms with Crippen molar-refractivity contribution in [2.24, 2.45) is 5.92 Å². The van der Waals surface area contributed by atoms with E-state index in [0.29, 0.717) is 40.7 Å². The molecule has 2 heterocycles. The van der Waals surface area contributed by atoms with Crippen LogP contribution in [-0.2, 0) is 25.5 Å². The number of esters is 2. The summed E-state index contributed by atoms with van der Waals surface area (Å²) >= 11 is 0. The first-order valence-electron chi connectivity index (χ1n) is 10.5. The van der Waals surface area contributed by atoms with Gasteiger partial charge in [-0.2, -0.15) is 0 Å². The van der Waals surface area contributed by atoms with Gasteiger partial charge in [0.05, 0.1) is 33.9 Å². The summed E-state index contributed by atoms with van der Waals surface area (Å²) in [7, 11) is 4.55. The van der Waals surface area contributed by atoms with Crippen LogP contribution < -0.4 is 23.7 Å². The quantitative estimate of drug-likeness (QED) is 0.629. The second kappa shape index (κ2) is 7.75. The van der Waals surface area contributed by atoms with Gasteiger partial charge in [0.25, 0.3) is 0 Å². The number of benzene rings is 2. The number of hydrogen-bond donors (Lipinski definition) is 0. The summed E-state index contributed by atoms with van der Waals surface area (Å²) in [5.41, 5.74) is 0.848. The second-order valence-electron chi connectivity index (χ2n) is 8.18. The van der Waals surface area contributed by atoms with E-state index in [1.165, 1.54) is 28.3 Å². The minimum atomic E-state index is -1.54. The maximum atomic E-state index is 13.3. The van der Waals surface area contributed by atoms with E-state index in [1.54, 1.807) is 12.1 Å². The normalized spacial score (nSPS) is 24.4. The predicted molar refractivity (Wildman–Crippen MR) is 113 cm³/mol. The smallest absolute Gasteiger partial charge is 0.352 e. The van der Waals surface area contributed by atoms with Gasteiger partial charge < -0.3 is 33.2 Å². The average Bonchev–Trinajstić information content (AvgIpc) is 3.38. The van der Waals surface area contributed by atoms with Crippen molar-refractivity contribution in [1.29, 1.82) is 0 Å². The molecule has 1 aliphatic carbocycles. The van der Waals surface area contributed by atoms with E-state index in [2.05, 4.69) is 0 Å². The molecule has 9 heteroatoms. The molecular weight excluding hydrogens is 432 g/mol. The molecule has 0 N–H and O–H groups in total. The lowest BCUT2D eigenvalue weighted by molar-refractivity contribution is -0.176. The van der Waals surface area contributed by atoms with Crippen molar-refractivity contribution in [2.75, 3.05) is 34.7 Å². The molecule has 0 bridgehead atoms. The van der Waals surface area contributed by atoms with Crippen LogP contribution in [0.2, 0.25) is 0 Å². The van der Waals surface area contributed by atoms with Crippen molar-refractivity contribution in [2.45, 2.75) is 24.9 Å². The topological polar surface area (TPSA) is 98.8 Å². The van der Waals surface area contributed by atoms with Crippen molar-refractivity contribution < 1.29 is 42.7 Å². The van der Waals surface area contributed by atoms with Gasteiger partial charge in [0.15, 0.2) is 23.0 Å². The summed E-state index contributed by atoms with van der Waals surface area (Å²) in [5, 5.41) is 0. The first kappa shape index (κ1) is 21.2. The van der Waals surface area contributed by atoms with Gasteiger partial charge in [-0.15, -0.1) is 0 Å². The molecule has 0 saturated carbocycles. The Morgan fingerprint density at radius 1 is 0.970 bits per heavy atom. The SMILES string of the molecule is COc1cc([C@@H]2c3cc4c(cc3C[C@H]3COC(=O)[C@]32OC(C)=O)OCO4)cc(OC)c1OC. The van der Waals surface area contributed by atoms with Crippen molar-refractivity contribution in [1.82, 2.24) is 0 Å². The van der Waals surface area contributed by atoms with Crippen LogP contribution in [0.25, 0.3) is 0 Å². The first-order chi connectivity index (χ1) is 15.9. The fourth-order valence-electron chi connectivity index (χ4n) is 5.20. The number of hydrogen-bond acceptors (Lipinski definition) is 9. The minimum Gasteiger partial charge on any atom is -0.493 e. The van der Waals surface area contributed by atoms with Crippen molar-refractivity contribution in [3.8, 4) is 28.7 Å². The molecule has 3 atom stereocenters. The molecule has 0 amide bonds. The molecule has 2 aliphatic heterocycles. The summed E-state index contributed by atoms with van der Waals surface area (Å²) < 4.78 is 39.1. The molecule has 2 aromatic carbocycles. The Bertz CT molecular complexity index is 1120. The molecule has 0 radical (unpaired) electrons. The van der Waals surface area contributed by atoms with Gasteiger partial charge in [-0.25, -0.2) is 4.79 Å². The molecule has 1 fully saturated rings. The number of carbonyl (C=O) groups excluding carboxylic acids is 2. The zero-order valence-electron chi connectivity index (χ0n) is 18.8. The Hall–Kier alpha value is -3.62. The molecule has 2 aromatic rings. The van der Waals surface area contributed by atoms with Crippen LogP contribution in [0.15, 0.2) is 24.3 Å². The van der Waals surface area contributed by atoms with E-state index in [4.69, 9.17) is 33.2 Å². The number of ether oxygens (including phenoxy) is 7. The Morgan fingerprint density at radius 3 is 2.24 bits per heavy atom. The highest BCUT2D eigenvalue weighted by molar-refractivity contribution is 5.88. The Kier molecular flexibility index (Phi) is 4.99. The molecular formula is C24H24O9. The van der Waals surface area contributed by atoms with Gasteiger partial charge in [0.2, 0.25) is 18.1 Å². The van der Waals surface area contributed by atoms with Crippen molar-refractivity contribution >= 4 is 11.9 Å². The summed E-state index contributed by atoms with van der Waals surface area (Å²) in [4.78, 5) is 25.6. The highest BCUT2D eigenvalue weighted by Crippen LogP contribution is 2.55. The number of cyclic esters (lactones) is 1. The van der Waals surface area contributed by atoms with Gasteiger partial charge in [0.1, 0.15) is 0 Å².